The summed E-state index contributed by atoms with van der Waals surface area (Å²) in [6.45, 7) is 0. The summed E-state index contributed by atoms with van der Waals surface area (Å²) in [6.07, 6.45) is 1.65. The molecule has 0 bridgehead atoms. The van der Waals surface area contributed by atoms with Crippen molar-refractivity contribution < 1.29 is 4.39 Å². The zero-order valence-electron chi connectivity index (χ0n) is 8.84. The number of nitrogens with zero attached hydrogens (tertiary/aromatic N) is 3. The first-order valence-electron chi connectivity index (χ1n) is 5.10. The van der Waals surface area contributed by atoms with E-state index in [1.807, 2.05) is 0 Å². The number of hydrogen-bond acceptors (Lipinski definition) is 3. The molecule has 3 aromatic rings. The molecule has 0 radical (unpaired) electrons. The number of anilines is 1. The maximum Gasteiger partial charge on any atom is 0.158 e. The average molecular weight is 228 g/mol. The van der Waals surface area contributed by atoms with Crippen molar-refractivity contribution in [1.29, 1.82) is 0 Å². The first-order valence-corrected chi connectivity index (χ1v) is 5.10. The Hall–Kier alpha value is -2.43. The van der Waals surface area contributed by atoms with Gasteiger partial charge in [-0.15, -0.1) is 0 Å². The van der Waals surface area contributed by atoms with Gasteiger partial charge in [0.05, 0.1) is 11.9 Å². The summed E-state index contributed by atoms with van der Waals surface area (Å²) in [4.78, 5) is 4.14. The first kappa shape index (κ1) is 9.77. The van der Waals surface area contributed by atoms with Crippen LogP contribution in [0.4, 0.5) is 10.2 Å². The molecule has 4 nitrogen and oxygen atoms in total. The SMILES string of the molecule is Nc1cc(-c2ccc(F)cc2)n2nccc2n1. The van der Waals surface area contributed by atoms with E-state index in [-0.39, 0.29) is 5.82 Å². The molecule has 2 N–H and O–H groups in total. The van der Waals surface area contributed by atoms with Gasteiger partial charge < -0.3 is 5.73 Å². The van der Waals surface area contributed by atoms with E-state index in [9.17, 15) is 4.39 Å². The molecule has 0 aliphatic heterocycles. The molecule has 0 aliphatic carbocycles. The Morgan fingerprint density at radius 2 is 1.88 bits per heavy atom. The molecule has 17 heavy (non-hydrogen) atoms. The van der Waals surface area contributed by atoms with Gasteiger partial charge in [-0.3, -0.25) is 0 Å². The van der Waals surface area contributed by atoms with Crippen molar-refractivity contribution in [2.24, 2.45) is 0 Å². The highest BCUT2D eigenvalue weighted by Crippen LogP contribution is 2.21. The predicted octanol–water partition coefficient (Wildman–Crippen LogP) is 2.12. The van der Waals surface area contributed by atoms with Gasteiger partial charge in [0.25, 0.3) is 0 Å². The normalized spacial score (nSPS) is 10.9. The van der Waals surface area contributed by atoms with Crippen molar-refractivity contribution in [3.63, 3.8) is 0 Å². The Morgan fingerprint density at radius 3 is 2.65 bits per heavy atom. The summed E-state index contributed by atoms with van der Waals surface area (Å²) in [5.41, 5.74) is 8.03. The number of nitrogens with two attached hydrogens (primary N) is 1. The molecule has 2 heterocycles. The second-order valence-corrected chi connectivity index (χ2v) is 3.67. The molecule has 0 atom stereocenters. The van der Waals surface area contributed by atoms with Crippen molar-refractivity contribution in [2.75, 3.05) is 5.73 Å². The topological polar surface area (TPSA) is 56.2 Å². The Balaban J connectivity index is 2.28. The average Bonchev–Trinajstić information content (AvgIpc) is 2.77. The quantitative estimate of drug-likeness (QED) is 0.694. The van der Waals surface area contributed by atoms with Gasteiger partial charge in [-0.25, -0.2) is 13.9 Å². The third-order valence-electron chi connectivity index (χ3n) is 2.52. The third-order valence-corrected chi connectivity index (χ3v) is 2.52. The van der Waals surface area contributed by atoms with Crippen molar-refractivity contribution in [1.82, 2.24) is 14.6 Å². The second kappa shape index (κ2) is 3.55. The molecular weight excluding hydrogens is 219 g/mol. The molecule has 0 spiro atoms. The molecule has 0 fully saturated rings. The van der Waals surface area contributed by atoms with Gasteiger partial charge in [0.2, 0.25) is 0 Å². The number of halogens is 1. The number of fused-ring (bicyclic) bond motifs is 1. The molecule has 5 heteroatoms. The maximum absolute atomic E-state index is 12.9. The fourth-order valence-electron chi connectivity index (χ4n) is 1.76. The van der Waals surface area contributed by atoms with E-state index < -0.39 is 0 Å². The van der Waals surface area contributed by atoms with E-state index in [1.165, 1.54) is 12.1 Å². The van der Waals surface area contributed by atoms with Gasteiger partial charge in [0.1, 0.15) is 11.6 Å². The van der Waals surface area contributed by atoms with Crippen LogP contribution in [0.25, 0.3) is 16.9 Å². The van der Waals surface area contributed by atoms with Gasteiger partial charge in [0.15, 0.2) is 5.65 Å². The number of nitrogen functional groups attached to an aromatic ring is 1. The minimum absolute atomic E-state index is 0.271. The lowest BCUT2D eigenvalue weighted by Gasteiger charge is -2.05. The van der Waals surface area contributed by atoms with Gasteiger partial charge >= 0.3 is 0 Å². The molecule has 2 aromatic heterocycles. The van der Waals surface area contributed by atoms with Crippen LogP contribution in [0, 0.1) is 5.82 Å². The lowest BCUT2D eigenvalue weighted by Crippen LogP contribution is -1.99. The maximum atomic E-state index is 12.9. The number of rotatable bonds is 1. The van der Waals surface area contributed by atoms with Crippen LogP contribution in [0.5, 0.6) is 0 Å². The summed E-state index contributed by atoms with van der Waals surface area (Å²) in [6, 6.07) is 9.66. The van der Waals surface area contributed by atoms with Crippen LogP contribution >= 0.6 is 0 Å². The van der Waals surface area contributed by atoms with Crippen LogP contribution < -0.4 is 5.73 Å². The standard InChI is InChI=1S/C12H9FN4/c13-9-3-1-8(2-4-9)10-7-11(14)16-12-5-6-15-17(10)12/h1-7H,(H2,14,16). The number of benzene rings is 1. The molecule has 0 amide bonds. The minimum atomic E-state index is -0.271. The summed E-state index contributed by atoms with van der Waals surface area (Å²) in [5, 5.41) is 4.16. The summed E-state index contributed by atoms with van der Waals surface area (Å²) in [5.74, 6) is 0.143. The molecule has 0 aliphatic rings. The van der Waals surface area contributed by atoms with E-state index in [0.717, 1.165) is 11.3 Å². The van der Waals surface area contributed by atoms with Crippen LogP contribution in [-0.2, 0) is 0 Å². The van der Waals surface area contributed by atoms with E-state index in [2.05, 4.69) is 10.1 Å². The Bertz CT molecular complexity index is 673. The van der Waals surface area contributed by atoms with Gasteiger partial charge in [-0.1, -0.05) is 0 Å². The zero-order chi connectivity index (χ0) is 11.8. The van der Waals surface area contributed by atoms with Crippen LogP contribution in [0.1, 0.15) is 0 Å². The molecule has 84 valence electrons. The third kappa shape index (κ3) is 1.61. The van der Waals surface area contributed by atoms with Crippen LogP contribution in [0.3, 0.4) is 0 Å². The number of aromatic nitrogens is 3. The summed E-state index contributed by atoms with van der Waals surface area (Å²) >= 11 is 0. The minimum Gasteiger partial charge on any atom is -0.384 e. The summed E-state index contributed by atoms with van der Waals surface area (Å²) in [7, 11) is 0. The molecule has 1 aromatic carbocycles. The van der Waals surface area contributed by atoms with E-state index in [1.54, 1.807) is 35.0 Å². The Kier molecular flexibility index (Phi) is 2.04. The second-order valence-electron chi connectivity index (χ2n) is 3.67. The van der Waals surface area contributed by atoms with Gasteiger partial charge in [0, 0.05) is 17.7 Å². The molecule has 0 saturated heterocycles. The fourth-order valence-corrected chi connectivity index (χ4v) is 1.76. The number of hydrogen-bond donors (Lipinski definition) is 1. The Morgan fingerprint density at radius 1 is 1.12 bits per heavy atom. The smallest absolute Gasteiger partial charge is 0.158 e. The largest absolute Gasteiger partial charge is 0.384 e. The van der Waals surface area contributed by atoms with Crippen molar-refractivity contribution in [3.05, 3.63) is 48.4 Å². The monoisotopic (exact) mass is 228 g/mol. The highest BCUT2D eigenvalue weighted by molar-refractivity contribution is 5.65. The lowest BCUT2D eigenvalue weighted by atomic mass is 10.1. The van der Waals surface area contributed by atoms with Gasteiger partial charge in [-0.05, 0) is 24.3 Å². The molecular formula is C12H9FN4. The van der Waals surface area contributed by atoms with Crippen LogP contribution in [0.15, 0.2) is 42.6 Å². The van der Waals surface area contributed by atoms with E-state index in [0.29, 0.717) is 11.5 Å². The van der Waals surface area contributed by atoms with Crippen molar-refractivity contribution >= 4 is 11.5 Å². The van der Waals surface area contributed by atoms with Crippen molar-refractivity contribution in [3.8, 4) is 11.3 Å². The lowest BCUT2D eigenvalue weighted by molar-refractivity contribution is 0.628. The first-order chi connectivity index (χ1) is 8.24. The van der Waals surface area contributed by atoms with Crippen LogP contribution in [-0.4, -0.2) is 14.6 Å². The zero-order valence-corrected chi connectivity index (χ0v) is 8.84. The summed E-state index contributed by atoms with van der Waals surface area (Å²) < 4.78 is 14.5. The van der Waals surface area contributed by atoms with E-state index in [4.69, 9.17) is 5.73 Å². The molecule has 0 unspecified atom stereocenters. The molecule has 3 rings (SSSR count). The molecule has 0 saturated carbocycles. The van der Waals surface area contributed by atoms with Crippen LogP contribution in [0.2, 0.25) is 0 Å². The fraction of sp³-hybridized carbons (Fsp3) is 0. The van der Waals surface area contributed by atoms with E-state index >= 15 is 0 Å². The highest BCUT2D eigenvalue weighted by atomic mass is 19.1. The van der Waals surface area contributed by atoms with Gasteiger partial charge in [-0.2, -0.15) is 5.10 Å². The van der Waals surface area contributed by atoms with Crippen molar-refractivity contribution in [2.45, 2.75) is 0 Å². The highest BCUT2D eigenvalue weighted by Gasteiger charge is 2.07. The predicted molar refractivity (Wildman–Crippen MR) is 62.8 cm³/mol. The Labute approximate surface area is 96.5 Å².